The van der Waals surface area contributed by atoms with Gasteiger partial charge in [-0.3, -0.25) is 0 Å². The fourth-order valence-corrected chi connectivity index (χ4v) is 1.89. The predicted molar refractivity (Wildman–Crippen MR) is 49.6 cm³/mol. The number of hydrogen-bond acceptors (Lipinski definition) is 3. The minimum absolute atomic E-state index is 0.124. The van der Waals surface area contributed by atoms with E-state index >= 15 is 0 Å². The van der Waals surface area contributed by atoms with Gasteiger partial charge in [0.2, 0.25) is 9.05 Å². The highest BCUT2D eigenvalue weighted by atomic mass is 35.7. The van der Waals surface area contributed by atoms with Crippen molar-refractivity contribution in [2.24, 2.45) is 0 Å². The molecule has 0 saturated carbocycles. The van der Waals surface area contributed by atoms with Gasteiger partial charge in [0.25, 0.3) is 0 Å². The summed E-state index contributed by atoms with van der Waals surface area (Å²) in [4.78, 5) is 0. The molecule has 1 rings (SSSR count). The van der Waals surface area contributed by atoms with E-state index in [2.05, 4.69) is 0 Å². The lowest BCUT2D eigenvalue weighted by Gasteiger charge is -1.98. The summed E-state index contributed by atoms with van der Waals surface area (Å²) in [7, 11) is 1.29. The zero-order valence-electron chi connectivity index (χ0n) is 6.87. The van der Waals surface area contributed by atoms with Crippen molar-refractivity contribution in [2.45, 2.75) is 5.75 Å². The van der Waals surface area contributed by atoms with E-state index in [0.29, 0.717) is 0 Å². The number of halogens is 2. The first-order valence-electron chi connectivity index (χ1n) is 3.53. The van der Waals surface area contributed by atoms with Crippen LogP contribution in [-0.2, 0) is 14.8 Å². The highest BCUT2D eigenvalue weighted by Crippen LogP contribution is 2.13. The molecule has 74 valence electrons. The molecule has 0 fully saturated rings. The van der Waals surface area contributed by atoms with Crippen LogP contribution in [0.2, 0.25) is 0 Å². The van der Waals surface area contributed by atoms with Crippen molar-refractivity contribution in [1.29, 1.82) is 5.26 Å². The number of rotatable bonds is 2. The van der Waals surface area contributed by atoms with Crippen LogP contribution in [-0.4, -0.2) is 8.42 Å². The fourth-order valence-electron chi connectivity index (χ4n) is 0.938. The summed E-state index contributed by atoms with van der Waals surface area (Å²) in [6.45, 7) is 0. The van der Waals surface area contributed by atoms with Gasteiger partial charge < -0.3 is 0 Å². The van der Waals surface area contributed by atoms with Crippen molar-refractivity contribution >= 4 is 19.7 Å². The molecule has 3 nitrogen and oxygen atoms in total. The van der Waals surface area contributed by atoms with Crippen LogP contribution in [0, 0.1) is 17.1 Å². The molecule has 0 atom stereocenters. The van der Waals surface area contributed by atoms with Gasteiger partial charge in [-0.25, -0.2) is 12.8 Å². The van der Waals surface area contributed by atoms with Gasteiger partial charge in [0.15, 0.2) is 0 Å². The van der Waals surface area contributed by atoms with Gasteiger partial charge in [-0.15, -0.1) is 0 Å². The maximum absolute atomic E-state index is 13.0. The van der Waals surface area contributed by atoms with Crippen molar-refractivity contribution < 1.29 is 12.8 Å². The Balaban J connectivity index is 3.06. The molecule has 0 amide bonds. The van der Waals surface area contributed by atoms with Crippen LogP contribution in [0.25, 0.3) is 0 Å². The van der Waals surface area contributed by atoms with Gasteiger partial charge in [0.05, 0.1) is 11.3 Å². The van der Waals surface area contributed by atoms with Crippen LogP contribution in [0.4, 0.5) is 4.39 Å². The molecule has 0 aliphatic rings. The Labute approximate surface area is 85.2 Å². The van der Waals surface area contributed by atoms with Gasteiger partial charge in [-0.05, 0) is 17.7 Å². The van der Waals surface area contributed by atoms with E-state index in [4.69, 9.17) is 15.9 Å². The normalized spacial score (nSPS) is 10.9. The number of nitrogens with zero attached hydrogens (tertiary/aromatic N) is 1. The van der Waals surface area contributed by atoms with E-state index < -0.39 is 20.6 Å². The van der Waals surface area contributed by atoms with Gasteiger partial charge in [-0.2, -0.15) is 5.26 Å². The lowest BCUT2D eigenvalue weighted by atomic mass is 10.1. The summed E-state index contributed by atoms with van der Waals surface area (Å²) in [5, 5.41) is 8.41. The van der Waals surface area contributed by atoms with Crippen LogP contribution in [0.1, 0.15) is 11.1 Å². The highest BCUT2D eigenvalue weighted by molar-refractivity contribution is 8.13. The SMILES string of the molecule is N#Cc1ccc(CS(=O)(=O)Cl)cc1F. The molecule has 0 aliphatic carbocycles. The van der Waals surface area contributed by atoms with E-state index in [1.54, 1.807) is 6.07 Å². The largest absolute Gasteiger partial charge is 0.236 e. The molecule has 0 bridgehead atoms. The number of hydrogen-bond donors (Lipinski definition) is 0. The maximum Gasteiger partial charge on any atom is 0.236 e. The molecule has 14 heavy (non-hydrogen) atoms. The van der Waals surface area contributed by atoms with E-state index in [1.165, 1.54) is 12.1 Å². The van der Waals surface area contributed by atoms with E-state index in [1.807, 2.05) is 0 Å². The molecule has 1 aromatic rings. The van der Waals surface area contributed by atoms with E-state index in [0.717, 1.165) is 6.07 Å². The molecule has 0 saturated heterocycles. The summed E-state index contributed by atoms with van der Waals surface area (Å²) in [6.07, 6.45) is 0. The minimum Gasteiger partial charge on any atom is -0.212 e. The Morgan fingerprint density at radius 3 is 2.57 bits per heavy atom. The van der Waals surface area contributed by atoms with Gasteiger partial charge in [0, 0.05) is 10.7 Å². The lowest BCUT2D eigenvalue weighted by molar-refractivity contribution is 0.607. The second kappa shape index (κ2) is 3.95. The molecule has 6 heteroatoms. The molecule has 0 aromatic heterocycles. The van der Waals surface area contributed by atoms with Crippen LogP contribution >= 0.6 is 10.7 Å². The quantitative estimate of drug-likeness (QED) is 0.732. The third-order valence-electron chi connectivity index (χ3n) is 1.49. The minimum atomic E-state index is -3.69. The topological polar surface area (TPSA) is 57.9 Å². The summed E-state index contributed by atoms with van der Waals surface area (Å²) in [5.74, 6) is -1.19. The third kappa shape index (κ3) is 2.98. The zero-order chi connectivity index (χ0) is 10.8. The molecular weight excluding hydrogens is 229 g/mol. The molecule has 0 heterocycles. The molecule has 0 unspecified atom stereocenters. The van der Waals surface area contributed by atoms with Crippen molar-refractivity contribution in [3.63, 3.8) is 0 Å². The average molecular weight is 234 g/mol. The van der Waals surface area contributed by atoms with Crippen molar-refractivity contribution in [2.75, 3.05) is 0 Å². The van der Waals surface area contributed by atoms with Crippen molar-refractivity contribution in [1.82, 2.24) is 0 Å². The van der Waals surface area contributed by atoms with Gasteiger partial charge in [0.1, 0.15) is 11.9 Å². The van der Waals surface area contributed by atoms with Crippen molar-refractivity contribution in [3.8, 4) is 6.07 Å². The van der Waals surface area contributed by atoms with Crippen molar-refractivity contribution in [3.05, 3.63) is 35.1 Å². The monoisotopic (exact) mass is 233 g/mol. The molecular formula is C8H5ClFNO2S. The summed E-state index contributed by atoms with van der Waals surface area (Å²) in [6, 6.07) is 5.18. The third-order valence-corrected chi connectivity index (χ3v) is 2.50. The second-order valence-corrected chi connectivity index (χ2v) is 5.39. The first kappa shape index (κ1) is 11.0. The highest BCUT2D eigenvalue weighted by Gasteiger charge is 2.09. The Morgan fingerprint density at radius 1 is 1.50 bits per heavy atom. The fraction of sp³-hybridized carbons (Fsp3) is 0.125. The summed E-state index contributed by atoms with van der Waals surface area (Å²) >= 11 is 0. The van der Waals surface area contributed by atoms with Gasteiger partial charge in [-0.1, -0.05) is 6.07 Å². The zero-order valence-corrected chi connectivity index (χ0v) is 8.44. The second-order valence-electron chi connectivity index (χ2n) is 2.61. The first-order chi connectivity index (χ1) is 6.42. The molecule has 0 aliphatic heterocycles. The predicted octanol–water partition coefficient (Wildman–Crippen LogP) is 1.77. The lowest BCUT2D eigenvalue weighted by Crippen LogP contribution is -1.96. The smallest absolute Gasteiger partial charge is 0.212 e. The van der Waals surface area contributed by atoms with Crippen LogP contribution < -0.4 is 0 Å². The Bertz CT molecular complexity index is 493. The maximum atomic E-state index is 13.0. The Kier molecular flexibility index (Phi) is 3.09. The van der Waals surface area contributed by atoms with Crippen LogP contribution in [0.3, 0.4) is 0 Å². The van der Waals surface area contributed by atoms with E-state index in [-0.39, 0.29) is 11.1 Å². The average Bonchev–Trinajstić information content (AvgIpc) is 2.01. The number of nitriles is 1. The molecule has 0 N–H and O–H groups in total. The van der Waals surface area contributed by atoms with E-state index in [9.17, 15) is 12.8 Å². The molecule has 1 aromatic carbocycles. The summed E-state index contributed by atoms with van der Waals surface area (Å²) in [5.41, 5.74) is 0.0946. The van der Waals surface area contributed by atoms with Crippen LogP contribution in [0.15, 0.2) is 18.2 Å². The van der Waals surface area contributed by atoms with Crippen LogP contribution in [0.5, 0.6) is 0 Å². The standard InChI is InChI=1S/C8H5ClFNO2S/c9-14(12,13)5-6-1-2-7(4-11)8(10)3-6/h1-3H,5H2. The van der Waals surface area contributed by atoms with Gasteiger partial charge >= 0.3 is 0 Å². The Morgan fingerprint density at radius 2 is 2.14 bits per heavy atom. The first-order valence-corrected chi connectivity index (χ1v) is 6.01. The number of benzene rings is 1. The summed E-state index contributed by atoms with van der Waals surface area (Å²) < 4.78 is 34.3. The molecule has 0 spiro atoms. The Hall–Kier alpha value is -1.12. The molecule has 0 radical (unpaired) electrons.